The maximum Gasteiger partial charge on any atom is 0.311 e. The van der Waals surface area contributed by atoms with E-state index in [1.807, 2.05) is 19.1 Å². The van der Waals surface area contributed by atoms with E-state index in [2.05, 4.69) is 13.8 Å². The summed E-state index contributed by atoms with van der Waals surface area (Å²) in [7, 11) is 0. The van der Waals surface area contributed by atoms with Crippen molar-refractivity contribution in [2.45, 2.75) is 201 Å². The number of aryl methyl sites for hydroxylation is 1. The normalized spacial score (nSPS) is 18.2. The molecule has 1 aliphatic rings. The zero-order valence-electron chi connectivity index (χ0n) is 35.9. The lowest BCUT2D eigenvalue weighted by Crippen LogP contribution is -2.35. The fourth-order valence-electron chi connectivity index (χ4n) is 9.32. The first kappa shape index (κ1) is 47.2. The minimum atomic E-state index is -0.222. The number of ether oxygens (including phenoxy) is 2. The van der Waals surface area contributed by atoms with Crippen LogP contribution in [0.3, 0.4) is 0 Å². The number of anilines is 3. The van der Waals surface area contributed by atoms with Gasteiger partial charge in [-0.3, -0.25) is 9.59 Å². The molecule has 2 aromatic carbocycles. The van der Waals surface area contributed by atoms with Gasteiger partial charge in [0.05, 0.1) is 11.4 Å². The van der Waals surface area contributed by atoms with E-state index in [0.717, 1.165) is 54.9 Å². The molecule has 0 heterocycles. The van der Waals surface area contributed by atoms with Crippen molar-refractivity contribution in [2.75, 3.05) is 17.2 Å². The third-order valence-electron chi connectivity index (χ3n) is 12.5. The van der Waals surface area contributed by atoms with Crippen LogP contribution >= 0.6 is 0 Å². The summed E-state index contributed by atoms with van der Waals surface area (Å²) in [4.78, 5) is 24.9. The molecule has 2 aromatic rings. The Morgan fingerprint density at radius 2 is 0.911 bits per heavy atom. The molecule has 4 unspecified atom stereocenters. The average Bonchev–Trinajstić information content (AvgIpc) is 3.17. The fraction of sp³-hybridized carbons (Fsp3) is 0.714. The van der Waals surface area contributed by atoms with Gasteiger partial charge in [0.25, 0.3) is 0 Å². The standard InChI is InChI=1S/C49H81N3O4/c1-4-6-8-10-14-20-26-42-39(24-18-9-7-5-2)31-32-40(25-19-13-11-16-22-28-48(53)55-46-34-30-38(3)36-44(46)51)43(42)27-21-15-12-17-23-29-49(54)56-47-35-33-41(50)37-45(47)52/h30,33-37,39-40,42-43H,4-29,31-32,50-52H2,1-3H3. The highest BCUT2D eigenvalue weighted by Crippen LogP contribution is 2.48. The first-order chi connectivity index (χ1) is 27.2. The largest absolute Gasteiger partial charge is 0.424 e. The zero-order valence-corrected chi connectivity index (χ0v) is 35.9. The molecular weight excluding hydrogens is 695 g/mol. The topological polar surface area (TPSA) is 131 Å². The molecule has 1 saturated carbocycles. The lowest BCUT2D eigenvalue weighted by Gasteiger charge is -2.44. The van der Waals surface area contributed by atoms with Gasteiger partial charge in [-0.1, -0.05) is 148 Å². The zero-order chi connectivity index (χ0) is 40.4. The van der Waals surface area contributed by atoms with Gasteiger partial charge in [-0.25, -0.2) is 0 Å². The van der Waals surface area contributed by atoms with Crippen LogP contribution in [0.1, 0.15) is 199 Å². The van der Waals surface area contributed by atoms with Crippen LogP contribution in [0.15, 0.2) is 36.4 Å². The number of rotatable bonds is 30. The Morgan fingerprint density at radius 1 is 0.518 bits per heavy atom. The summed E-state index contributed by atoms with van der Waals surface area (Å²) in [5, 5.41) is 0. The second kappa shape index (κ2) is 28.2. The summed E-state index contributed by atoms with van der Waals surface area (Å²) in [5.74, 6) is 3.93. The van der Waals surface area contributed by atoms with Gasteiger partial charge in [0.2, 0.25) is 0 Å². The molecule has 0 aliphatic heterocycles. The fourth-order valence-corrected chi connectivity index (χ4v) is 9.32. The van der Waals surface area contributed by atoms with Crippen LogP contribution < -0.4 is 26.7 Å². The summed E-state index contributed by atoms with van der Waals surface area (Å²) < 4.78 is 11.0. The molecule has 0 amide bonds. The second-order valence-electron chi connectivity index (χ2n) is 17.2. The molecular formula is C49H81N3O4. The molecule has 0 aromatic heterocycles. The molecule has 0 radical (unpaired) electrons. The van der Waals surface area contributed by atoms with Gasteiger partial charge < -0.3 is 26.7 Å². The summed E-state index contributed by atoms with van der Waals surface area (Å²) in [6.07, 6.45) is 34.3. The van der Waals surface area contributed by atoms with Crippen LogP contribution in [0, 0.1) is 30.6 Å². The van der Waals surface area contributed by atoms with Crippen molar-refractivity contribution in [3.63, 3.8) is 0 Å². The van der Waals surface area contributed by atoms with E-state index in [9.17, 15) is 9.59 Å². The Kier molecular flexibility index (Phi) is 23.8. The predicted octanol–water partition coefficient (Wildman–Crippen LogP) is 13.7. The maximum atomic E-state index is 12.5. The van der Waals surface area contributed by atoms with Gasteiger partial charge in [0, 0.05) is 18.5 Å². The van der Waals surface area contributed by atoms with Crippen molar-refractivity contribution in [3.05, 3.63) is 42.0 Å². The van der Waals surface area contributed by atoms with Crippen LogP contribution in [0.2, 0.25) is 0 Å². The molecule has 7 heteroatoms. The lowest BCUT2D eigenvalue weighted by atomic mass is 9.61. The highest BCUT2D eigenvalue weighted by atomic mass is 16.5. The van der Waals surface area contributed by atoms with Crippen LogP contribution in [-0.4, -0.2) is 11.9 Å². The number of hydrogen-bond donors (Lipinski definition) is 3. The summed E-state index contributed by atoms with van der Waals surface area (Å²) in [5.41, 5.74) is 20.3. The minimum absolute atomic E-state index is 0.186. The molecule has 0 saturated heterocycles. The first-order valence-electron chi connectivity index (χ1n) is 23.1. The van der Waals surface area contributed by atoms with Crippen molar-refractivity contribution in [2.24, 2.45) is 23.7 Å². The second-order valence-corrected chi connectivity index (χ2v) is 17.2. The molecule has 1 fully saturated rings. The van der Waals surface area contributed by atoms with E-state index in [4.69, 9.17) is 26.7 Å². The van der Waals surface area contributed by atoms with Gasteiger partial charge in [-0.05, 0) is 105 Å². The number of nitrogen functional groups attached to an aromatic ring is 3. The third kappa shape index (κ3) is 18.8. The summed E-state index contributed by atoms with van der Waals surface area (Å²) in [6.45, 7) is 6.61. The highest BCUT2D eigenvalue weighted by Gasteiger charge is 2.37. The molecule has 0 spiro atoms. The summed E-state index contributed by atoms with van der Waals surface area (Å²) >= 11 is 0. The Labute approximate surface area is 342 Å². The Balaban J connectivity index is 1.48. The van der Waals surface area contributed by atoms with E-state index in [1.54, 1.807) is 24.3 Å². The molecule has 3 rings (SSSR count). The molecule has 316 valence electrons. The van der Waals surface area contributed by atoms with Crippen LogP contribution in [0.5, 0.6) is 11.5 Å². The molecule has 1 aliphatic carbocycles. The van der Waals surface area contributed by atoms with Crippen LogP contribution in [0.4, 0.5) is 17.1 Å². The van der Waals surface area contributed by atoms with Gasteiger partial charge in [-0.2, -0.15) is 0 Å². The maximum absolute atomic E-state index is 12.5. The number of hydrogen-bond acceptors (Lipinski definition) is 7. The van der Waals surface area contributed by atoms with E-state index < -0.39 is 0 Å². The third-order valence-corrected chi connectivity index (χ3v) is 12.5. The van der Waals surface area contributed by atoms with E-state index in [-0.39, 0.29) is 11.9 Å². The van der Waals surface area contributed by atoms with Crippen molar-refractivity contribution in [1.29, 1.82) is 0 Å². The van der Waals surface area contributed by atoms with E-state index >= 15 is 0 Å². The number of carbonyl (C=O) groups is 2. The highest BCUT2D eigenvalue weighted by molar-refractivity contribution is 5.75. The minimum Gasteiger partial charge on any atom is -0.424 e. The van der Waals surface area contributed by atoms with Gasteiger partial charge in [0.15, 0.2) is 11.5 Å². The lowest BCUT2D eigenvalue weighted by molar-refractivity contribution is -0.135. The van der Waals surface area contributed by atoms with Crippen molar-refractivity contribution in [3.8, 4) is 11.5 Å². The molecule has 56 heavy (non-hydrogen) atoms. The van der Waals surface area contributed by atoms with Gasteiger partial charge in [-0.15, -0.1) is 0 Å². The first-order valence-corrected chi connectivity index (χ1v) is 23.1. The van der Waals surface area contributed by atoms with E-state index in [0.29, 0.717) is 41.4 Å². The predicted molar refractivity (Wildman–Crippen MR) is 237 cm³/mol. The number of unbranched alkanes of at least 4 members (excludes halogenated alkanes) is 16. The SMILES string of the molecule is CCCCCCCCC1C(CCCCCC)CCC(CCCCCCCC(=O)Oc2ccc(C)cc2N)C1CCCCCCCC(=O)Oc1ccc(N)cc1N. The van der Waals surface area contributed by atoms with Crippen LogP contribution in [-0.2, 0) is 9.59 Å². The molecule has 6 N–H and O–H groups in total. The number of carbonyl (C=O) groups excluding carboxylic acids is 2. The van der Waals surface area contributed by atoms with Crippen molar-refractivity contribution in [1.82, 2.24) is 0 Å². The monoisotopic (exact) mass is 776 g/mol. The molecule has 4 atom stereocenters. The average molecular weight is 776 g/mol. The Morgan fingerprint density at radius 3 is 1.38 bits per heavy atom. The Hall–Kier alpha value is -3.22. The van der Waals surface area contributed by atoms with Gasteiger partial charge >= 0.3 is 11.9 Å². The van der Waals surface area contributed by atoms with E-state index in [1.165, 1.54) is 141 Å². The van der Waals surface area contributed by atoms with Gasteiger partial charge in [0.1, 0.15) is 0 Å². The van der Waals surface area contributed by atoms with Crippen LogP contribution in [0.25, 0.3) is 0 Å². The van der Waals surface area contributed by atoms with Crippen molar-refractivity contribution >= 4 is 29.0 Å². The summed E-state index contributed by atoms with van der Waals surface area (Å²) in [6, 6.07) is 10.6. The van der Waals surface area contributed by atoms with Crippen molar-refractivity contribution < 1.29 is 19.1 Å². The smallest absolute Gasteiger partial charge is 0.311 e. The molecule has 0 bridgehead atoms. The quantitative estimate of drug-likeness (QED) is 0.0312. The molecule has 7 nitrogen and oxygen atoms in total. The number of benzene rings is 2. The number of esters is 2. The Bertz CT molecular complexity index is 1380. The number of nitrogens with two attached hydrogens (primary N) is 3.